The van der Waals surface area contributed by atoms with Crippen LogP contribution in [0.3, 0.4) is 0 Å². The molecule has 0 radical (unpaired) electrons. The maximum atomic E-state index is 14.1. The zero-order chi connectivity index (χ0) is 27.0. The zero-order valence-electron chi connectivity index (χ0n) is 19.8. The molecule has 2 aliphatic heterocycles. The first kappa shape index (κ1) is 26.4. The van der Waals surface area contributed by atoms with E-state index in [9.17, 15) is 26.7 Å². The molecule has 13 heteroatoms. The molecule has 0 amide bonds. The number of hydrogen-bond donors (Lipinski definition) is 0. The first-order valence-corrected chi connectivity index (χ1v) is 13.1. The molecule has 5 rings (SSSR count). The van der Waals surface area contributed by atoms with Crippen LogP contribution < -0.4 is 5.56 Å². The van der Waals surface area contributed by atoms with Crippen molar-refractivity contribution in [1.29, 1.82) is 0 Å². The van der Waals surface area contributed by atoms with Crippen LogP contribution in [-0.4, -0.2) is 38.2 Å². The van der Waals surface area contributed by atoms with Gasteiger partial charge in [-0.2, -0.15) is 13.2 Å². The van der Waals surface area contributed by atoms with Crippen molar-refractivity contribution in [2.45, 2.75) is 44.0 Å². The van der Waals surface area contributed by atoms with Crippen molar-refractivity contribution >= 4 is 34.3 Å². The summed E-state index contributed by atoms with van der Waals surface area (Å²) in [7, 11) is 0. The highest BCUT2D eigenvalue weighted by Gasteiger charge is 2.35. The van der Waals surface area contributed by atoms with Crippen molar-refractivity contribution in [2.75, 3.05) is 13.1 Å². The Hall–Kier alpha value is -3.19. The van der Waals surface area contributed by atoms with Crippen LogP contribution in [0, 0.1) is 11.6 Å². The number of thiocarbonyl (C=S) groups is 1. The largest absolute Gasteiger partial charge is 0.421 e. The molecule has 200 valence electrons. The summed E-state index contributed by atoms with van der Waals surface area (Å²) in [5.74, 6) is -1.23. The fourth-order valence-corrected chi connectivity index (χ4v) is 5.93. The minimum Gasteiger partial charge on any atom is -0.387 e. The molecule has 1 aromatic carbocycles. The quantitative estimate of drug-likeness (QED) is 0.293. The van der Waals surface area contributed by atoms with E-state index in [1.54, 1.807) is 0 Å². The number of aromatic nitrogens is 2. The lowest BCUT2D eigenvalue weighted by Crippen LogP contribution is -2.40. The molecule has 1 fully saturated rings. The van der Waals surface area contributed by atoms with E-state index in [1.807, 2.05) is 10.3 Å². The van der Waals surface area contributed by atoms with Crippen LogP contribution in [0.15, 0.2) is 51.9 Å². The Kier molecular flexibility index (Phi) is 7.32. The summed E-state index contributed by atoms with van der Waals surface area (Å²) < 4.78 is 68.4. The summed E-state index contributed by atoms with van der Waals surface area (Å²) in [4.78, 5) is 24.5. The first-order chi connectivity index (χ1) is 18.1. The van der Waals surface area contributed by atoms with E-state index in [0.29, 0.717) is 29.5 Å². The molecule has 0 spiro atoms. The fourth-order valence-electron chi connectivity index (χ4n) is 4.61. The van der Waals surface area contributed by atoms with Crippen molar-refractivity contribution in [1.82, 2.24) is 14.5 Å². The van der Waals surface area contributed by atoms with Gasteiger partial charge in [-0.05, 0) is 37.1 Å². The summed E-state index contributed by atoms with van der Waals surface area (Å²) in [5, 5.41) is 6.75. The summed E-state index contributed by atoms with van der Waals surface area (Å²) in [5.41, 5.74) is -1.37. The Labute approximate surface area is 223 Å². The number of halogens is 5. The average Bonchev–Trinajstić information content (AvgIpc) is 3.55. The lowest BCUT2D eigenvalue weighted by Gasteiger charge is -2.33. The zero-order valence-corrected chi connectivity index (χ0v) is 21.4. The van der Waals surface area contributed by atoms with Crippen LogP contribution in [0.4, 0.5) is 22.0 Å². The van der Waals surface area contributed by atoms with Gasteiger partial charge < -0.3 is 14.3 Å². The minimum absolute atomic E-state index is 0.103. The molecule has 38 heavy (non-hydrogen) atoms. The van der Waals surface area contributed by atoms with Crippen LogP contribution >= 0.6 is 23.6 Å². The van der Waals surface area contributed by atoms with E-state index in [0.717, 1.165) is 28.5 Å². The van der Waals surface area contributed by atoms with Crippen molar-refractivity contribution < 1.29 is 26.8 Å². The number of alkyl halides is 3. The summed E-state index contributed by atoms with van der Waals surface area (Å²) in [6.07, 6.45) is -2.65. The Bertz CT molecular complexity index is 1420. The third kappa shape index (κ3) is 5.35. The number of pyridine rings is 1. The number of oxime groups is 1. The van der Waals surface area contributed by atoms with Crippen LogP contribution in [0.25, 0.3) is 0 Å². The van der Waals surface area contributed by atoms with Crippen LogP contribution in [0.2, 0.25) is 0 Å². The number of hydrogen-bond acceptors (Lipinski definition) is 6. The van der Waals surface area contributed by atoms with Gasteiger partial charge in [-0.1, -0.05) is 23.4 Å². The molecule has 1 saturated heterocycles. The SMILES string of the molecule is O=c1c(C(F)(F)F)cccn1CC(=S)N1CCC(c2nc(C3=NOC(c4c(F)cccc4F)C3)cs2)CC1. The van der Waals surface area contributed by atoms with Crippen LogP contribution in [-0.2, 0) is 17.6 Å². The number of rotatable bonds is 5. The highest BCUT2D eigenvalue weighted by molar-refractivity contribution is 7.80. The second-order valence-corrected chi connectivity index (χ2v) is 10.4. The topological polar surface area (TPSA) is 59.7 Å². The van der Waals surface area contributed by atoms with Crippen LogP contribution in [0.1, 0.15) is 53.1 Å². The predicted octanol–water partition coefficient (Wildman–Crippen LogP) is 5.67. The molecule has 0 N–H and O–H groups in total. The van der Waals surface area contributed by atoms with E-state index in [2.05, 4.69) is 10.1 Å². The monoisotopic (exact) mass is 568 g/mol. The van der Waals surface area contributed by atoms with Gasteiger partial charge >= 0.3 is 6.18 Å². The maximum absolute atomic E-state index is 14.1. The number of benzene rings is 1. The highest BCUT2D eigenvalue weighted by Crippen LogP contribution is 2.35. The Morgan fingerprint density at radius 2 is 1.84 bits per heavy atom. The predicted molar refractivity (Wildman–Crippen MR) is 135 cm³/mol. The number of thiazole rings is 1. The molecule has 6 nitrogen and oxygen atoms in total. The average molecular weight is 569 g/mol. The van der Waals surface area contributed by atoms with Crippen molar-refractivity contribution in [2.24, 2.45) is 5.16 Å². The minimum atomic E-state index is -4.72. The highest BCUT2D eigenvalue weighted by atomic mass is 32.1. The Morgan fingerprint density at radius 3 is 2.53 bits per heavy atom. The molecule has 4 heterocycles. The Morgan fingerprint density at radius 1 is 1.13 bits per heavy atom. The molecule has 2 aliphatic rings. The molecular weight excluding hydrogens is 547 g/mol. The second kappa shape index (κ2) is 10.5. The van der Waals surface area contributed by atoms with Crippen molar-refractivity contribution in [3.8, 4) is 0 Å². The van der Waals surface area contributed by atoms with Crippen LogP contribution in [0.5, 0.6) is 0 Å². The third-order valence-electron chi connectivity index (χ3n) is 6.64. The number of piperidine rings is 1. The molecule has 2 aromatic heterocycles. The molecule has 3 aromatic rings. The maximum Gasteiger partial charge on any atom is 0.421 e. The molecular formula is C25H21F5N4O2S2. The van der Waals surface area contributed by atoms with E-state index in [1.165, 1.54) is 41.8 Å². The van der Waals surface area contributed by atoms with Gasteiger partial charge in [0.05, 0.1) is 27.8 Å². The van der Waals surface area contributed by atoms with Gasteiger partial charge in [0.15, 0.2) is 6.10 Å². The van der Waals surface area contributed by atoms with Gasteiger partial charge in [0, 0.05) is 37.0 Å². The fraction of sp³-hybridized carbons (Fsp3) is 0.360. The van der Waals surface area contributed by atoms with Gasteiger partial charge in [-0.3, -0.25) is 4.79 Å². The molecule has 1 unspecified atom stereocenters. The number of nitrogens with zero attached hydrogens (tertiary/aromatic N) is 4. The third-order valence-corrected chi connectivity index (χ3v) is 8.03. The standard InChI is InChI=1S/C25H21F5N4O2S2/c26-16-4-1-5-17(27)22(16)20-11-18(32-36-20)19-13-38-23(31-19)14-6-9-33(10-7-14)21(37)12-34-8-2-3-15(24(34)35)25(28,29)30/h1-5,8,13-14,20H,6-7,9-12H2. The number of likely N-dealkylation sites (tertiary alicyclic amines) is 1. The van der Waals surface area contributed by atoms with Crippen molar-refractivity contribution in [3.63, 3.8) is 0 Å². The summed E-state index contributed by atoms with van der Waals surface area (Å²) in [6, 6.07) is 5.60. The summed E-state index contributed by atoms with van der Waals surface area (Å²) in [6.45, 7) is 1.05. The van der Waals surface area contributed by atoms with Gasteiger partial charge in [-0.25, -0.2) is 13.8 Å². The normalized spacial score (nSPS) is 18.4. The van der Waals surface area contributed by atoms with E-state index in [4.69, 9.17) is 17.1 Å². The molecule has 1 atom stereocenters. The molecule has 0 saturated carbocycles. The second-order valence-electron chi connectivity index (χ2n) is 9.05. The first-order valence-electron chi connectivity index (χ1n) is 11.8. The van der Waals surface area contributed by atoms with Gasteiger partial charge in [0.1, 0.15) is 22.9 Å². The molecule has 0 bridgehead atoms. The molecule has 0 aliphatic carbocycles. The van der Waals surface area contributed by atoms with E-state index < -0.39 is 35.0 Å². The van der Waals surface area contributed by atoms with Crippen molar-refractivity contribution in [3.05, 3.63) is 85.7 Å². The Balaban J connectivity index is 1.18. The smallest absolute Gasteiger partial charge is 0.387 e. The van der Waals surface area contributed by atoms with E-state index >= 15 is 0 Å². The van der Waals surface area contributed by atoms with Gasteiger partial charge in [-0.15, -0.1) is 11.3 Å². The van der Waals surface area contributed by atoms with E-state index in [-0.39, 0.29) is 24.4 Å². The lowest BCUT2D eigenvalue weighted by atomic mass is 9.97. The lowest BCUT2D eigenvalue weighted by molar-refractivity contribution is -0.138. The van der Waals surface area contributed by atoms with Gasteiger partial charge in [0.2, 0.25) is 0 Å². The summed E-state index contributed by atoms with van der Waals surface area (Å²) >= 11 is 6.91. The van der Waals surface area contributed by atoms with Gasteiger partial charge in [0.25, 0.3) is 5.56 Å².